The molecule has 3 amide bonds. The summed E-state index contributed by atoms with van der Waals surface area (Å²) in [6, 6.07) is 4.56. The number of rotatable bonds is 13. The van der Waals surface area contributed by atoms with Crippen LogP contribution in [0.25, 0.3) is 0 Å². The maximum absolute atomic E-state index is 13.5. The smallest absolute Gasteiger partial charge is 0.326 e. The Balaban J connectivity index is 2.19. The van der Waals surface area contributed by atoms with Crippen LogP contribution in [0, 0.1) is 0 Å². The highest BCUT2D eigenvalue weighted by molar-refractivity contribution is 7.98. The van der Waals surface area contributed by atoms with E-state index >= 15 is 0 Å². The Kier molecular flexibility index (Phi) is 11.0. The summed E-state index contributed by atoms with van der Waals surface area (Å²) in [6.07, 6.45) is 2.49. The van der Waals surface area contributed by atoms with Crippen molar-refractivity contribution in [2.75, 3.05) is 18.6 Å². The molecule has 0 aromatic heterocycles. The number of nitrogens with one attached hydrogen (secondary N) is 2. The lowest BCUT2D eigenvalue weighted by molar-refractivity contribution is -0.145. The largest absolute Gasteiger partial charge is 0.481 e. The van der Waals surface area contributed by atoms with E-state index < -0.39 is 60.2 Å². The van der Waals surface area contributed by atoms with E-state index in [0.717, 1.165) is 5.56 Å². The molecule has 1 saturated heterocycles. The summed E-state index contributed by atoms with van der Waals surface area (Å²) in [5, 5.41) is 23.4. The first kappa shape index (κ1) is 28.1. The molecule has 6 N–H and O–H groups in total. The molecule has 0 spiro atoms. The Bertz CT molecular complexity index is 914. The van der Waals surface area contributed by atoms with Gasteiger partial charge < -0.3 is 31.5 Å². The van der Waals surface area contributed by atoms with Crippen molar-refractivity contribution in [3.63, 3.8) is 0 Å². The van der Waals surface area contributed by atoms with Gasteiger partial charge in [0.2, 0.25) is 17.7 Å². The highest BCUT2D eigenvalue weighted by Crippen LogP contribution is 2.20. The van der Waals surface area contributed by atoms with E-state index in [4.69, 9.17) is 10.8 Å². The fraction of sp³-hybridized carbons (Fsp3) is 0.522. The third-order valence-electron chi connectivity index (χ3n) is 5.69. The van der Waals surface area contributed by atoms with E-state index in [1.807, 2.05) is 6.26 Å². The predicted molar refractivity (Wildman–Crippen MR) is 130 cm³/mol. The molecular formula is C23H32N4O7S. The van der Waals surface area contributed by atoms with Crippen molar-refractivity contribution in [3.8, 4) is 0 Å². The lowest BCUT2D eigenvalue weighted by Crippen LogP contribution is -2.57. The van der Waals surface area contributed by atoms with Gasteiger partial charge in [0, 0.05) is 13.0 Å². The maximum Gasteiger partial charge on any atom is 0.326 e. The molecule has 0 bridgehead atoms. The molecule has 1 fully saturated rings. The quantitative estimate of drug-likeness (QED) is 0.242. The SMILES string of the molecule is CSCCC(NC(=O)C1CCCN1C(=O)C(Cc1ccccc1)NC(=O)C(N)CC(=O)O)C(=O)O. The molecule has 11 nitrogen and oxygen atoms in total. The number of thioether (sulfide) groups is 1. The number of hydrogen-bond donors (Lipinski definition) is 5. The average Bonchev–Trinajstić information content (AvgIpc) is 3.30. The molecular weight excluding hydrogens is 476 g/mol. The van der Waals surface area contributed by atoms with Gasteiger partial charge in [-0.1, -0.05) is 30.3 Å². The molecule has 0 radical (unpaired) electrons. The fourth-order valence-electron chi connectivity index (χ4n) is 3.87. The van der Waals surface area contributed by atoms with Gasteiger partial charge in [-0.15, -0.1) is 0 Å². The van der Waals surface area contributed by atoms with Gasteiger partial charge in [-0.2, -0.15) is 11.8 Å². The predicted octanol–water partition coefficient (Wildman–Crippen LogP) is -0.171. The number of aliphatic carboxylic acids is 2. The number of amides is 3. The molecule has 192 valence electrons. The zero-order valence-corrected chi connectivity index (χ0v) is 20.3. The zero-order chi connectivity index (χ0) is 26.0. The molecule has 0 aliphatic carbocycles. The minimum absolute atomic E-state index is 0.113. The van der Waals surface area contributed by atoms with E-state index in [1.165, 1.54) is 16.7 Å². The van der Waals surface area contributed by atoms with Gasteiger partial charge in [0.1, 0.15) is 18.1 Å². The summed E-state index contributed by atoms with van der Waals surface area (Å²) in [6.45, 7) is 0.266. The van der Waals surface area contributed by atoms with Crippen molar-refractivity contribution in [2.24, 2.45) is 5.73 Å². The number of carboxylic acid groups (broad SMARTS) is 2. The number of likely N-dealkylation sites (tertiary alicyclic amines) is 1. The van der Waals surface area contributed by atoms with Crippen LogP contribution >= 0.6 is 11.8 Å². The van der Waals surface area contributed by atoms with E-state index in [0.29, 0.717) is 18.6 Å². The van der Waals surface area contributed by atoms with Crippen LogP contribution in [-0.4, -0.2) is 87.5 Å². The Morgan fingerprint density at radius 3 is 2.40 bits per heavy atom. The van der Waals surface area contributed by atoms with Crippen molar-refractivity contribution < 1.29 is 34.2 Å². The fourth-order valence-corrected chi connectivity index (χ4v) is 4.35. The monoisotopic (exact) mass is 508 g/mol. The molecule has 1 aliphatic heterocycles. The topological polar surface area (TPSA) is 179 Å². The summed E-state index contributed by atoms with van der Waals surface area (Å²) in [5.74, 6) is -3.71. The van der Waals surface area contributed by atoms with E-state index in [-0.39, 0.29) is 19.4 Å². The second-order valence-corrected chi connectivity index (χ2v) is 9.31. The Morgan fingerprint density at radius 1 is 1.11 bits per heavy atom. The molecule has 1 aromatic carbocycles. The van der Waals surface area contributed by atoms with Gasteiger partial charge in [-0.25, -0.2) is 4.79 Å². The van der Waals surface area contributed by atoms with Crippen LogP contribution in [0.1, 0.15) is 31.2 Å². The minimum atomic E-state index is -1.34. The third kappa shape index (κ3) is 8.55. The first-order chi connectivity index (χ1) is 16.6. The van der Waals surface area contributed by atoms with Gasteiger partial charge in [0.15, 0.2) is 0 Å². The number of nitrogens with zero attached hydrogens (tertiary/aromatic N) is 1. The Morgan fingerprint density at radius 2 is 1.80 bits per heavy atom. The Labute approximate surface area is 207 Å². The van der Waals surface area contributed by atoms with Crippen molar-refractivity contribution in [1.82, 2.24) is 15.5 Å². The molecule has 0 saturated carbocycles. The van der Waals surface area contributed by atoms with Crippen molar-refractivity contribution in [3.05, 3.63) is 35.9 Å². The molecule has 1 heterocycles. The summed E-state index contributed by atoms with van der Waals surface area (Å²) < 4.78 is 0. The van der Waals surface area contributed by atoms with Crippen LogP contribution in [0.4, 0.5) is 0 Å². The minimum Gasteiger partial charge on any atom is -0.481 e. The van der Waals surface area contributed by atoms with Crippen LogP contribution in [0.2, 0.25) is 0 Å². The molecule has 2 rings (SSSR count). The molecule has 1 aromatic rings. The maximum atomic E-state index is 13.5. The average molecular weight is 509 g/mol. The van der Waals surface area contributed by atoms with Crippen LogP contribution < -0.4 is 16.4 Å². The van der Waals surface area contributed by atoms with E-state index in [1.54, 1.807) is 30.3 Å². The van der Waals surface area contributed by atoms with Gasteiger partial charge in [0.05, 0.1) is 12.5 Å². The molecule has 1 aliphatic rings. The second-order valence-electron chi connectivity index (χ2n) is 8.33. The van der Waals surface area contributed by atoms with Gasteiger partial charge in [-0.05, 0) is 36.8 Å². The highest BCUT2D eigenvalue weighted by Gasteiger charge is 2.39. The van der Waals surface area contributed by atoms with Crippen LogP contribution in [-0.2, 0) is 30.4 Å². The summed E-state index contributed by atoms with van der Waals surface area (Å²) in [5.41, 5.74) is 6.42. The Hall–Kier alpha value is -3.12. The number of carboxylic acids is 2. The summed E-state index contributed by atoms with van der Waals surface area (Å²) in [7, 11) is 0. The molecule has 12 heteroatoms. The zero-order valence-electron chi connectivity index (χ0n) is 19.5. The van der Waals surface area contributed by atoms with Crippen molar-refractivity contribution in [2.45, 2.75) is 56.3 Å². The van der Waals surface area contributed by atoms with Gasteiger partial charge >= 0.3 is 11.9 Å². The van der Waals surface area contributed by atoms with Gasteiger partial charge in [0.25, 0.3) is 0 Å². The first-order valence-corrected chi connectivity index (χ1v) is 12.7. The number of hydrogen-bond acceptors (Lipinski definition) is 7. The van der Waals surface area contributed by atoms with Gasteiger partial charge in [-0.3, -0.25) is 19.2 Å². The highest BCUT2D eigenvalue weighted by atomic mass is 32.2. The van der Waals surface area contributed by atoms with E-state index in [2.05, 4.69) is 10.6 Å². The molecule has 4 atom stereocenters. The molecule has 35 heavy (non-hydrogen) atoms. The van der Waals surface area contributed by atoms with Crippen molar-refractivity contribution in [1.29, 1.82) is 0 Å². The number of benzene rings is 1. The lowest BCUT2D eigenvalue weighted by Gasteiger charge is -2.30. The number of nitrogens with two attached hydrogens (primary N) is 1. The summed E-state index contributed by atoms with van der Waals surface area (Å²) in [4.78, 5) is 62.7. The normalized spacial score (nSPS) is 17.8. The first-order valence-electron chi connectivity index (χ1n) is 11.3. The third-order valence-corrected chi connectivity index (χ3v) is 6.34. The molecule has 4 unspecified atom stereocenters. The summed E-state index contributed by atoms with van der Waals surface area (Å²) >= 11 is 1.46. The van der Waals surface area contributed by atoms with Crippen molar-refractivity contribution >= 4 is 41.4 Å². The van der Waals surface area contributed by atoms with Crippen LogP contribution in [0.3, 0.4) is 0 Å². The van der Waals surface area contributed by atoms with E-state index in [9.17, 15) is 29.1 Å². The number of carbonyl (C=O) groups excluding carboxylic acids is 3. The number of carbonyl (C=O) groups is 5. The van der Waals surface area contributed by atoms with Crippen LogP contribution in [0.15, 0.2) is 30.3 Å². The standard InChI is InChI=1S/C23H32N4O7S/c1-35-11-9-16(23(33)34)25-21(31)18-8-5-10-27(18)22(32)17(12-14-6-3-2-4-7-14)26-20(30)15(24)13-19(28)29/h2-4,6-7,15-18H,5,8-13,24H2,1H3,(H,25,31)(H,26,30)(H,28,29)(H,33,34). The lowest BCUT2D eigenvalue weighted by atomic mass is 10.0. The second kappa shape index (κ2) is 13.7. The van der Waals surface area contributed by atoms with Crippen LogP contribution in [0.5, 0.6) is 0 Å².